The lowest BCUT2D eigenvalue weighted by Gasteiger charge is -2.23. The van der Waals surface area contributed by atoms with Gasteiger partial charge in [-0.15, -0.1) is 0 Å². The van der Waals surface area contributed by atoms with Crippen molar-refractivity contribution in [3.63, 3.8) is 0 Å². The first kappa shape index (κ1) is 14.1. The Morgan fingerprint density at radius 2 is 1.86 bits per heavy atom. The molecule has 0 aromatic heterocycles. The van der Waals surface area contributed by atoms with E-state index in [4.69, 9.17) is 21.9 Å². The standard InChI is InChI=1S/C8H19ClN2O3/c1-10(11(13)14-8-9)6-4-2-3-5-7-12/h12-13H,2-8H2,1H3. The Bertz CT molecular complexity index is 129. The van der Waals surface area contributed by atoms with E-state index in [1.165, 1.54) is 5.01 Å². The molecule has 0 heterocycles. The predicted octanol–water partition coefficient (Wildman–Crippen LogP) is 1.20. The summed E-state index contributed by atoms with van der Waals surface area (Å²) in [5, 5.41) is 19.8. The topological polar surface area (TPSA) is 56.2 Å². The van der Waals surface area contributed by atoms with Gasteiger partial charge in [-0.05, 0) is 12.8 Å². The summed E-state index contributed by atoms with van der Waals surface area (Å²) in [5.74, 6) is 0. The van der Waals surface area contributed by atoms with Gasteiger partial charge in [0.05, 0.1) is 0 Å². The molecule has 0 aliphatic heterocycles. The molecule has 0 aromatic carbocycles. The predicted molar refractivity (Wildman–Crippen MR) is 53.6 cm³/mol. The molecule has 0 bridgehead atoms. The van der Waals surface area contributed by atoms with Gasteiger partial charge >= 0.3 is 0 Å². The number of hydrogen-bond donors (Lipinski definition) is 2. The third-order valence-corrected chi connectivity index (χ3v) is 1.94. The van der Waals surface area contributed by atoms with E-state index in [0.717, 1.165) is 25.7 Å². The Morgan fingerprint density at radius 1 is 1.21 bits per heavy atom. The minimum atomic E-state index is -0.0780. The van der Waals surface area contributed by atoms with Crippen LogP contribution in [0.1, 0.15) is 25.7 Å². The summed E-state index contributed by atoms with van der Waals surface area (Å²) in [7, 11) is 1.71. The molecule has 0 saturated heterocycles. The fraction of sp³-hybridized carbons (Fsp3) is 1.00. The van der Waals surface area contributed by atoms with Crippen molar-refractivity contribution < 1.29 is 15.2 Å². The molecule has 6 heteroatoms. The van der Waals surface area contributed by atoms with Crippen LogP contribution in [0.2, 0.25) is 0 Å². The summed E-state index contributed by atoms with van der Waals surface area (Å²) >= 11 is 5.26. The maximum atomic E-state index is 9.13. The fourth-order valence-corrected chi connectivity index (χ4v) is 1.12. The summed E-state index contributed by atoms with van der Waals surface area (Å²) in [6.45, 7) is 0.941. The van der Waals surface area contributed by atoms with Crippen molar-refractivity contribution in [2.45, 2.75) is 25.7 Å². The van der Waals surface area contributed by atoms with Crippen molar-refractivity contribution in [1.29, 1.82) is 0 Å². The number of aliphatic hydroxyl groups is 1. The molecule has 0 radical (unpaired) electrons. The number of hydrazine groups is 1. The van der Waals surface area contributed by atoms with Crippen LogP contribution >= 0.6 is 11.6 Å². The normalized spacial score (nSPS) is 11.6. The first-order valence-corrected chi connectivity index (χ1v) is 5.25. The van der Waals surface area contributed by atoms with Gasteiger partial charge in [-0.3, -0.25) is 5.21 Å². The quantitative estimate of drug-likeness (QED) is 0.352. The van der Waals surface area contributed by atoms with Crippen molar-refractivity contribution >= 4 is 11.6 Å². The summed E-state index contributed by atoms with van der Waals surface area (Å²) in [6.07, 6.45) is 3.82. The van der Waals surface area contributed by atoms with Gasteiger partial charge in [-0.25, -0.2) is 4.84 Å². The molecule has 0 aliphatic carbocycles. The number of rotatable bonds is 9. The first-order chi connectivity index (χ1) is 6.72. The van der Waals surface area contributed by atoms with Crippen LogP contribution in [-0.4, -0.2) is 46.9 Å². The SMILES string of the molecule is CN(CCCCCCO)N(O)OCCl. The van der Waals surface area contributed by atoms with Crippen LogP contribution in [0, 0.1) is 0 Å². The number of aliphatic hydroxyl groups excluding tert-OH is 1. The highest BCUT2D eigenvalue weighted by Crippen LogP contribution is 2.02. The summed E-state index contributed by atoms with van der Waals surface area (Å²) < 4.78 is 0. The molecule has 0 amide bonds. The molecular formula is C8H19ClN2O3. The second kappa shape index (κ2) is 9.64. The molecule has 14 heavy (non-hydrogen) atoms. The van der Waals surface area contributed by atoms with E-state index < -0.39 is 0 Å². The molecule has 2 N–H and O–H groups in total. The van der Waals surface area contributed by atoms with Crippen molar-refractivity contribution in [3.05, 3.63) is 0 Å². The van der Waals surface area contributed by atoms with Crippen LogP contribution in [0.4, 0.5) is 0 Å². The first-order valence-electron chi connectivity index (χ1n) is 4.72. The van der Waals surface area contributed by atoms with Gasteiger partial charge in [-0.1, -0.05) is 24.4 Å². The summed E-state index contributed by atoms with van der Waals surface area (Å²) in [4.78, 5) is 4.62. The molecule has 0 atom stereocenters. The second-order valence-electron chi connectivity index (χ2n) is 3.01. The van der Waals surface area contributed by atoms with Crippen LogP contribution in [0.5, 0.6) is 0 Å². The van der Waals surface area contributed by atoms with Gasteiger partial charge < -0.3 is 5.11 Å². The highest BCUT2D eigenvalue weighted by atomic mass is 35.5. The minimum absolute atomic E-state index is 0.0780. The summed E-state index contributed by atoms with van der Waals surface area (Å²) in [6, 6.07) is -0.0780. The van der Waals surface area contributed by atoms with Crippen LogP contribution in [0.15, 0.2) is 0 Å². The number of nitrogens with zero attached hydrogens (tertiary/aromatic N) is 2. The number of hydrogen-bond acceptors (Lipinski definition) is 5. The Hall–Kier alpha value is 0.0900. The lowest BCUT2D eigenvalue weighted by molar-refractivity contribution is -0.429. The minimum Gasteiger partial charge on any atom is -0.396 e. The molecule has 0 unspecified atom stereocenters. The molecule has 0 fully saturated rings. The third-order valence-electron chi connectivity index (χ3n) is 1.85. The highest BCUT2D eigenvalue weighted by molar-refractivity contribution is 6.17. The molecule has 0 aliphatic rings. The van der Waals surface area contributed by atoms with Crippen molar-refractivity contribution in [1.82, 2.24) is 10.3 Å². The monoisotopic (exact) mass is 226 g/mol. The Kier molecular flexibility index (Phi) is 9.70. The zero-order chi connectivity index (χ0) is 10.8. The van der Waals surface area contributed by atoms with E-state index in [-0.39, 0.29) is 12.7 Å². The second-order valence-corrected chi connectivity index (χ2v) is 3.23. The summed E-state index contributed by atoms with van der Waals surface area (Å²) in [5.41, 5.74) is 0. The van der Waals surface area contributed by atoms with E-state index in [1.807, 2.05) is 0 Å². The van der Waals surface area contributed by atoms with Crippen molar-refractivity contribution in [2.24, 2.45) is 0 Å². The number of alkyl halides is 1. The lowest BCUT2D eigenvalue weighted by atomic mass is 10.2. The van der Waals surface area contributed by atoms with Gasteiger partial charge in [0.25, 0.3) is 0 Å². The van der Waals surface area contributed by atoms with Crippen molar-refractivity contribution in [2.75, 3.05) is 26.3 Å². The zero-order valence-corrected chi connectivity index (χ0v) is 9.28. The van der Waals surface area contributed by atoms with Gasteiger partial charge in [0.2, 0.25) is 0 Å². The maximum absolute atomic E-state index is 9.13. The van der Waals surface area contributed by atoms with Gasteiger partial charge in [0.1, 0.15) is 6.07 Å². The Morgan fingerprint density at radius 3 is 2.43 bits per heavy atom. The smallest absolute Gasteiger partial charge is 0.146 e. The average molecular weight is 227 g/mol. The van der Waals surface area contributed by atoms with E-state index >= 15 is 0 Å². The molecular weight excluding hydrogens is 208 g/mol. The molecule has 0 spiro atoms. The van der Waals surface area contributed by atoms with Crippen LogP contribution < -0.4 is 0 Å². The van der Waals surface area contributed by atoms with E-state index in [9.17, 15) is 0 Å². The molecule has 0 saturated carbocycles. The van der Waals surface area contributed by atoms with E-state index in [2.05, 4.69) is 4.84 Å². The van der Waals surface area contributed by atoms with E-state index in [0.29, 0.717) is 11.9 Å². The highest BCUT2D eigenvalue weighted by Gasteiger charge is 2.06. The van der Waals surface area contributed by atoms with E-state index in [1.54, 1.807) is 7.05 Å². The molecule has 86 valence electrons. The molecule has 0 aromatic rings. The maximum Gasteiger partial charge on any atom is 0.146 e. The third kappa shape index (κ3) is 7.49. The van der Waals surface area contributed by atoms with Gasteiger partial charge in [0.15, 0.2) is 0 Å². The van der Waals surface area contributed by atoms with Crippen LogP contribution in [0.25, 0.3) is 0 Å². The lowest BCUT2D eigenvalue weighted by Crippen LogP contribution is -2.37. The average Bonchev–Trinajstić information content (AvgIpc) is 2.17. The number of halogens is 1. The number of unbranched alkanes of at least 4 members (excludes halogenated alkanes) is 3. The van der Waals surface area contributed by atoms with Crippen LogP contribution in [-0.2, 0) is 4.84 Å². The molecule has 0 rings (SSSR count). The Labute approximate surface area is 89.7 Å². The Balaban J connectivity index is 3.29. The van der Waals surface area contributed by atoms with Crippen LogP contribution in [0.3, 0.4) is 0 Å². The van der Waals surface area contributed by atoms with Crippen molar-refractivity contribution in [3.8, 4) is 0 Å². The van der Waals surface area contributed by atoms with Gasteiger partial charge in [0, 0.05) is 25.5 Å². The molecule has 5 nitrogen and oxygen atoms in total. The zero-order valence-electron chi connectivity index (χ0n) is 8.52. The largest absolute Gasteiger partial charge is 0.396 e. The van der Waals surface area contributed by atoms with Gasteiger partial charge in [-0.2, -0.15) is 5.01 Å². The fourth-order valence-electron chi connectivity index (χ4n) is 1.03.